The van der Waals surface area contributed by atoms with Crippen molar-refractivity contribution < 1.29 is 9.90 Å². The lowest BCUT2D eigenvalue weighted by Crippen LogP contribution is -2.42. The van der Waals surface area contributed by atoms with Crippen molar-refractivity contribution in [1.82, 2.24) is 19.7 Å². The molecule has 0 aromatic carbocycles. The summed E-state index contributed by atoms with van der Waals surface area (Å²) in [5.41, 5.74) is 2.28. The maximum atomic E-state index is 13.2. The zero-order valence-electron chi connectivity index (χ0n) is 15.1. The maximum Gasteiger partial charge on any atom is 0.254 e. The van der Waals surface area contributed by atoms with E-state index in [2.05, 4.69) is 5.10 Å². The number of pyridine rings is 1. The normalized spacial score (nSPS) is 15.1. The second-order valence-corrected chi connectivity index (χ2v) is 7.41. The quantitative estimate of drug-likeness (QED) is 0.914. The van der Waals surface area contributed by atoms with Crippen LogP contribution in [0.3, 0.4) is 0 Å². The Morgan fingerprint density at radius 2 is 2.12 bits per heavy atom. The van der Waals surface area contributed by atoms with Gasteiger partial charge in [-0.2, -0.15) is 5.10 Å². The number of amides is 1. The van der Waals surface area contributed by atoms with Gasteiger partial charge >= 0.3 is 0 Å². The van der Waals surface area contributed by atoms with E-state index in [0.29, 0.717) is 24.6 Å². The third kappa shape index (κ3) is 3.15. The standard InChI is InChI=1S/C18H26N4O2/c1-6-22(10-18(3,4)24)17(23)13-9-14(12-7-8-12)19-16-15(13)11(2)20-21(16)5/h9,12,24H,6-8,10H2,1-5H3. The van der Waals surface area contributed by atoms with E-state index in [9.17, 15) is 9.90 Å². The van der Waals surface area contributed by atoms with Crippen molar-refractivity contribution in [2.45, 2.75) is 52.1 Å². The van der Waals surface area contributed by atoms with Crippen LogP contribution >= 0.6 is 0 Å². The van der Waals surface area contributed by atoms with Crippen LogP contribution in [0.1, 0.15) is 61.3 Å². The van der Waals surface area contributed by atoms with Crippen molar-refractivity contribution in [1.29, 1.82) is 0 Å². The van der Waals surface area contributed by atoms with Crippen molar-refractivity contribution >= 4 is 16.9 Å². The van der Waals surface area contributed by atoms with Gasteiger partial charge in [0.1, 0.15) is 0 Å². The Labute approximate surface area is 142 Å². The molecule has 2 aromatic rings. The molecule has 1 amide bonds. The Bertz CT molecular complexity index is 784. The number of hydrogen-bond acceptors (Lipinski definition) is 4. The first-order valence-corrected chi connectivity index (χ1v) is 8.57. The van der Waals surface area contributed by atoms with Crippen LogP contribution in [0.2, 0.25) is 0 Å². The Kier molecular flexibility index (Phi) is 4.11. The van der Waals surface area contributed by atoms with E-state index in [4.69, 9.17) is 4.98 Å². The first-order chi connectivity index (χ1) is 11.2. The molecule has 24 heavy (non-hydrogen) atoms. The molecule has 0 saturated heterocycles. The van der Waals surface area contributed by atoms with Gasteiger partial charge in [-0.3, -0.25) is 9.48 Å². The van der Waals surface area contributed by atoms with E-state index in [1.807, 2.05) is 27.0 Å². The SMILES string of the molecule is CCN(CC(C)(C)O)C(=O)c1cc(C2CC2)nc2c1c(C)nn2C. The maximum absolute atomic E-state index is 13.2. The monoisotopic (exact) mass is 330 g/mol. The summed E-state index contributed by atoms with van der Waals surface area (Å²) in [7, 11) is 1.86. The van der Waals surface area contributed by atoms with E-state index in [-0.39, 0.29) is 5.91 Å². The van der Waals surface area contributed by atoms with Crippen LogP contribution in [-0.2, 0) is 7.05 Å². The minimum atomic E-state index is -0.929. The van der Waals surface area contributed by atoms with Crippen LogP contribution in [-0.4, -0.2) is 49.4 Å². The molecule has 1 fully saturated rings. The fourth-order valence-electron chi connectivity index (χ4n) is 3.19. The molecule has 0 unspecified atom stereocenters. The third-order valence-electron chi connectivity index (χ3n) is 4.46. The van der Waals surface area contributed by atoms with Crippen molar-refractivity contribution in [2.75, 3.05) is 13.1 Å². The summed E-state index contributed by atoms with van der Waals surface area (Å²) in [6, 6.07) is 1.93. The lowest BCUT2D eigenvalue weighted by atomic mass is 10.0. The Morgan fingerprint density at radius 3 is 2.67 bits per heavy atom. The minimum Gasteiger partial charge on any atom is -0.389 e. The van der Waals surface area contributed by atoms with Gasteiger partial charge in [0.15, 0.2) is 5.65 Å². The molecular weight excluding hydrogens is 304 g/mol. The minimum absolute atomic E-state index is 0.0648. The molecule has 6 heteroatoms. The average molecular weight is 330 g/mol. The molecule has 0 bridgehead atoms. The number of likely N-dealkylation sites (N-methyl/N-ethyl adjacent to an activating group) is 1. The zero-order valence-corrected chi connectivity index (χ0v) is 15.1. The summed E-state index contributed by atoms with van der Waals surface area (Å²) in [5, 5.41) is 15.4. The van der Waals surface area contributed by atoms with Crippen LogP contribution in [0.15, 0.2) is 6.07 Å². The third-order valence-corrected chi connectivity index (χ3v) is 4.46. The van der Waals surface area contributed by atoms with Crippen LogP contribution in [0.5, 0.6) is 0 Å². The zero-order chi connectivity index (χ0) is 17.6. The van der Waals surface area contributed by atoms with Gasteiger partial charge in [-0.1, -0.05) is 0 Å². The average Bonchev–Trinajstić information content (AvgIpc) is 3.30. The molecular formula is C18H26N4O2. The largest absolute Gasteiger partial charge is 0.389 e. The number of carbonyl (C=O) groups excluding carboxylic acids is 1. The predicted molar refractivity (Wildman–Crippen MR) is 93.1 cm³/mol. The van der Waals surface area contributed by atoms with Crippen LogP contribution in [0.25, 0.3) is 11.0 Å². The summed E-state index contributed by atoms with van der Waals surface area (Å²) in [4.78, 5) is 19.6. The molecule has 1 aliphatic carbocycles. The van der Waals surface area contributed by atoms with Crippen molar-refractivity contribution in [3.8, 4) is 0 Å². The molecule has 3 rings (SSSR count). The molecule has 0 radical (unpaired) electrons. The van der Waals surface area contributed by atoms with E-state index in [0.717, 1.165) is 35.3 Å². The summed E-state index contributed by atoms with van der Waals surface area (Å²) in [5.74, 6) is 0.394. The predicted octanol–water partition coefficient (Wildman–Crippen LogP) is 2.39. The Balaban J connectivity index is 2.11. The highest BCUT2D eigenvalue weighted by Gasteiger charge is 2.30. The molecule has 130 valence electrons. The van der Waals surface area contributed by atoms with Crippen molar-refractivity contribution in [2.24, 2.45) is 7.05 Å². The number of fused-ring (bicyclic) bond motifs is 1. The molecule has 2 heterocycles. The first-order valence-electron chi connectivity index (χ1n) is 8.57. The van der Waals surface area contributed by atoms with Gasteiger partial charge < -0.3 is 10.0 Å². The van der Waals surface area contributed by atoms with Crippen LogP contribution in [0, 0.1) is 6.92 Å². The van der Waals surface area contributed by atoms with Crippen molar-refractivity contribution in [3.05, 3.63) is 23.0 Å². The van der Waals surface area contributed by atoms with Gasteiger partial charge in [0.25, 0.3) is 5.91 Å². The number of aryl methyl sites for hydroxylation is 2. The lowest BCUT2D eigenvalue weighted by molar-refractivity contribution is 0.0315. The molecule has 1 N–H and O–H groups in total. The van der Waals surface area contributed by atoms with Crippen LogP contribution < -0.4 is 0 Å². The molecule has 1 saturated carbocycles. The molecule has 0 spiro atoms. The smallest absolute Gasteiger partial charge is 0.254 e. The molecule has 2 aromatic heterocycles. The highest BCUT2D eigenvalue weighted by atomic mass is 16.3. The number of aliphatic hydroxyl groups is 1. The molecule has 6 nitrogen and oxygen atoms in total. The lowest BCUT2D eigenvalue weighted by Gasteiger charge is -2.28. The van der Waals surface area contributed by atoms with E-state index < -0.39 is 5.60 Å². The van der Waals surface area contributed by atoms with Gasteiger partial charge in [-0.05, 0) is 46.6 Å². The van der Waals surface area contributed by atoms with Crippen molar-refractivity contribution in [3.63, 3.8) is 0 Å². The van der Waals surface area contributed by atoms with E-state index >= 15 is 0 Å². The summed E-state index contributed by atoms with van der Waals surface area (Å²) < 4.78 is 1.75. The van der Waals surface area contributed by atoms with Gasteiger partial charge in [0.05, 0.1) is 22.2 Å². The number of carbonyl (C=O) groups is 1. The van der Waals surface area contributed by atoms with Crippen LogP contribution in [0.4, 0.5) is 0 Å². The second kappa shape index (κ2) is 5.84. The summed E-state index contributed by atoms with van der Waals surface area (Å²) in [6.07, 6.45) is 2.26. The number of rotatable bonds is 5. The van der Waals surface area contributed by atoms with Gasteiger partial charge in [-0.15, -0.1) is 0 Å². The highest BCUT2D eigenvalue weighted by Crippen LogP contribution is 2.40. The topological polar surface area (TPSA) is 71.2 Å². The fourth-order valence-corrected chi connectivity index (χ4v) is 3.19. The van der Waals surface area contributed by atoms with Gasteiger partial charge in [0.2, 0.25) is 0 Å². The highest BCUT2D eigenvalue weighted by molar-refractivity contribution is 6.06. The number of nitrogens with zero attached hydrogens (tertiary/aromatic N) is 4. The van der Waals surface area contributed by atoms with Gasteiger partial charge in [0, 0.05) is 31.7 Å². The van der Waals surface area contributed by atoms with E-state index in [1.165, 1.54) is 0 Å². The molecule has 1 aliphatic rings. The second-order valence-electron chi connectivity index (χ2n) is 7.41. The fraction of sp³-hybridized carbons (Fsp3) is 0.611. The first kappa shape index (κ1) is 16.9. The molecule has 0 atom stereocenters. The number of hydrogen-bond donors (Lipinski definition) is 1. The summed E-state index contributed by atoms with van der Waals surface area (Å²) >= 11 is 0. The molecule has 0 aliphatic heterocycles. The van der Waals surface area contributed by atoms with E-state index in [1.54, 1.807) is 23.4 Å². The Hall–Kier alpha value is -1.95. The number of aromatic nitrogens is 3. The Morgan fingerprint density at radius 1 is 1.46 bits per heavy atom. The summed E-state index contributed by atoms with van der Waals surface area (Å²) in [6.45, 7) is 8.12. The van der Waals surface area contributed by atoms with Gasteiger partial charge in [-0.25, -0.2) is 4.98 Å².